The van der Waals surface area contributed by atoms with Crippen LogP contribution in [0, 0.1) is 0 Å². The Morgan fingerprint density at radius 3 is 2.74 bits per heavy atom. The average molecular weight is 392 g/mol. The second-order valence-corrected chi connectivity index (χ2v) is 8.38. The molecule has 7 nitrogen and oxygen atoms in total. The fourth-order valence-corrected chi connectivity index (χ4v) is 3.78. The molecule has 2 aromatic carbocycles. The zero-order valence-electron chi connectivity index (χ0n) is 15.3. The third-order valence-electron chi connectivity index (χ3n) is 4.68. The number of rotatable bonds is 6. The molecule has 1 atom stereocenters. The van der Waals surface area contributed by atoms with Gasteiger partial charge in [-0.3, -0.25) is 4.79 Å². The first-order chi connectivity index (χ1) is 12.9. The predicted octanol–water partition coefficient (Wildman–Crippen LogP) is 1.82. The second-order valence-electron chi connectivity index (χ2n) is 6.64. The molecule has 27 heavy (non-hydrogen) atoms. The van der Waals surface area contributed by atoms with E-state index in [1.54, 1.807) is 12.0 Å². The molecular weight excluding hydrogens is 368 g/mol. The average Bonchev–Trinajstić information content (AvgIpc) is 2.66. The number of primary sulfonamides is 1. The van der Waals surface area contributed by atoms with Crippen LogP contribution >= 0.6 is 0 Å². The molecule has 1 aliphatic rings. The number of benzene rings is 2. The standard InChI is InChI=1S/C19H24N2O5S/c1-25-17-7-6-14-11-16(5-4-15(14)12-17)18-13-21(8-9-26-18)19(22)3-2-10-27(20,23)24/h4-7,11-12,18H,2-3,8-10,13H2,1H3,(H2,20,23,24)/t18-/m1/s1. The molecule has 0 saturated carbocycles. The van der Waals surface area contributed by atoms with Gasteiger partial charge in [0.05, 0.1) is 26.0 Å². The summed E-state index contributed by atoms with van der Waals surface area (Å²) in [7, 11) is -1.90. The number of nitrogens with zero attached hydrogens (tertiary/aromatic N) is 1. The Balaban J connectivity index is 1.66. The molecule has 0 aliphatic carbocycles. The van der Waals surface area contributed by atoms with Gasteiger partial charge in [0, 0.05) is 13.0 Å². The summed E-state index contributed by atoms with van der Waals surface area (Å²) in [5.41, 5.74) is 1.01. The molecule has 0 spiro atoms. The van der Waals surface area contributed by atoms with Crippen molar-refractivity contribution in [3.05, 3.63) is 42.0 Å². The summed E-state index contributed by atoms with van der Waals surface area (Å²) in [6.07, 6.45) is 0.200. The van der Waals surface area contributed by atoms with E-state index in [9.17, 15) is 13.2 Å². The van der Waals surface area contributed by atoms with Gasteiger partial charge in [-0.2, -0.15) is 0 Å². The zero-order chi connectivity index (χ0) is 19.4. The van der Waals surface area contributed by atoms with E-state index in [-0.39, 0.29) is 30.6 Å². The summed E-state index contributed by atoms with van der Waals surface area (Å²) >= 11 is 0. The maximum atomic E-state index is 12.4. The first kappa shape index (κ1) is 19.6. The summed E-state index contributed by atoms with van der Waals surface area (Å²) in [4.78, 5) is 14.1. The van der Waals surface area contributed by atoms with Crippen molar-refractivity contribution in [2.75, 3.05) is 32.6 Å². The van der Waals surface area contributed by atoms with Gasteiger partial charge in [-0.1, -0.05) is 18.2 Å². The number of nitrogens with two attached hydrogens (primary N) is 1. The van der Waals surface area contributed by atoms with Crippen LogP contribution < -0.4 is 9.88 Å². The van der Waals surface area contributed by atoms with Crippen LogP contribution in [-0.4, -0.2) is 51.8 Å². The van der Waals surface area contributed by atoms with E-state index in [4.69, 9.17) is 14.6 Å². The molecule has 1 saturated heterocycles. The number of amides is 1. The lowest BCUT2D eigenvalue weighted by Gasteiger charge is -2.33. The summed E-state index contributed by atoms with van der Waals surface area (Å²) in [5, 5.41) is 7.13. The maximum Gasteiger partial charge on any atom is 0.222 e. The Hall–Kier alpha value is -2.16. The highest BCUT2D eigenvalue weighted by atomic mass is 32.2. The molecule has 2 N–H and O–H groups in total. The normalized spacial score (nSPS) is 17.9. The van der Waals surface area contributed by atoms with Crippen molar-refractivity contribution >= 4 is 26.7 Å². The van der Waals surface area contributed by atoms with Crippen LogP contribution in [0.15, 0.2) is 36.4 Å². The first-order valence-corrected chi connectivity index (χ1v) is 10.5. The van der Waals surface area contributed by atoms with E-state index in [2.05, 4.69) is 6.07 Å². The Bertz CT molecular complexity index is 929. The van der Waals surface area contributed by atoms with Crippen LogP contribution in [0.3, 0.4) is 0 Å². The molecule has 0 radical (unpaired) electrons. The lowest BCUT2D eigenvalue weighted by molar-refractivity contribution is -0.139. The van der Waals surface area contributed by atoms with Gasteiger partial charge in [-0.05, 0) is 41.0 Å². The van der Waals surface area contributed by atoms with Crippen molar-refractivity contribution in [3.63, 3.8) is 0 Å². The van der Waals surface area contributed by atoms with Crippen LogP contribution in [0.5, 0.6) is 5.75 Å². The number of methoxy groups -OCH3 is 1. The van der Waals surface area contributed by atoms with Gasteiger partial charge in [0.25, 0.3) is 0 Å². The Labute approximate surface area is 159 Å². The third kappa shape index (κ3) is 5.18. The molecule has 3 rings (SSSR count). The van der Waals surface area contributed by atoms with Crippen LogP contribution in [-0.2, 0) is 19.6 Å². The summed E-state index contributed by atoms with van der Waals surface area (Å²) in [5.74, 6) is 0.554. The Morgan fingerprint density at radius 1 is 1.26 bits per heavy atom. The summed E-state index contributed by atoms with van der Waals surface area (Å²) in [6, 6.07) is 12.0. The molecule has 146 valence electrons. The molecule has 0 bridgehead atoms. The number of sulfonamides is 1. The van der Waals surface area contributed by atoms with E-state index in [0.717, 1.165) is 22.1 Å². The number of morpholine rings is 1. The van der Waals surface area contributed by atoms with Crippen LogP contribution in [0.25, 0.3) is 10.8 Å². The molecule has 0 unspecified atom stereocenters. The quantitative estimate of drug-likeness (QED) is 0.808. The van der Waals surface area contributed by atoms with E-state index in [1.807, 2.05) is 30.3 Å². The van der Waals surface area contributed by atoms with Crippen LogP contribution in [0.2, 0.25) is 0 Å². The predicted molar refractivity (Wildman–Crippen MR) is 103 cm³/mol. The number of ether oxygens (including phenoxy) is 2. The van der Waals surface area contributed by atoms with E-state index in [1.165, 1.54) is 0 Å². The van der Waals surface area contributed by atoms with Gasteiger partial charge >= 0.3 is 0 Å². The molecule has 1 amide bonds. The SMILES string of the molecule is COc1ccc2cc([C@H]3CN(C(=O)CCCS(N)(=O)=O)CCO3)ccc2c1. The highest BCUT2D eigenvalue weighted by Gasteiger charge is 2.25. The molecule has 1 fully saturated rings. The minimum absolute atomic E-state index is 0.0718. The van der Waals surface area contributed by atoms with Crippen molar-refractivity contribution in [1.82, 2.24) is 4.90 Å². The summed E-state index contributed by atoms with van der Waals surface area (Å²) < 4.78 is 33.1. The lowest BCUT2D eigenvalue weighted by Crippen LogP contribution is -2.42. The van der Waals surface area contributed by atoms with Gasteiger partial charge in [0.1, 0.15) is 11.9 Å². The molecule has 0 aromatic heterocycles. The zero-order valence-corrected chi connectivity index (χ0v) is 16.1. The molecule has 2 aromatic rings. The number of hydrogen-bond donors (Lipinski definition) is 1. The fraction of sp³-hybridized carbons (Fsp3) is 0.421. The summed E-state index contributed by atoms with van der Waals surface area (Å²) in [6.45, 7) is 1.41. The molecule has 1 heterocycles. The highest BCUT2D eigenvalue weighted by molar-refractivity contribution is 7.89. The van der Waals surface area contributed by atoms with Crippen molar-refractivity contribution in [2.24, 2.45) is 5.14 Å². The third-order valence-corrected chi connectivity index (χ3v) is 5.54. The van der Waals surface area contributed by atoms with Gasteiger partial charge < -0.3 is 14.4 Å². The number of carbonyl (C=O) groups excluding carboxylic acids is 1. The molecule has 8 heteroatoms. The topological polar surface area (TPSA) is 98.9 Å². The number of carbonyl (C=O) groups is 1. The van der Waals surface area contributed by atoms with Gasteiger partial charge in [-0.15, -0.1) is 0 Å². The monoisotopic (exact) mass is 392 g/mol. The second kappa shape index (κ2) is 8.24. The van der Waals surface area contributed by atoms with Crippen molar-refractivity contribution < 1.29 is 22.7 Å². The van der Waals surface area contributed by atoms with Crippen molar-refractivity contribution in [3.8, 4) is 5.75 Å². The Morgan fingerprint density at radius 2 is 2.00 bits per heavy atom. The van der Waals surface area contributed by atoms with Crippen LogP contribution in [0.4, 0.5) is 0 Å². The highest BCUT2D eigenvalue weighted by Crippen LogP contribution is 2.28. The minimum atomic E-state index is -3.53. The van der Waals surface area contributed by atoms with Gasteiger partial charge in [0.2, 0.25) is 15.9 Å². The smallest absolute Gasteiger partial charge is 0.222 e. The minimum Gasteiger partial charge on any atom is -0.497 e. The fourth-order valence-electron chi connectivity index (χ4n) is 3.23. The van der Waals surface area contributed by atoms with E-state index >= 15 is 0 Å². The van der Waals surface area contributed by atoms with Crippen molar-refractivity contribution in [2.45, 2.75) is 18.9 Å². The molecule has 1 aliphatic heterocycles. The van der Waals surface area contributed by atoms with E-state index in [0.29, 0.717) is 19.7 Å². The van der Waals surface area contributed by atoms with Crippen LogP contribution in [0.1, 0.15) is 24.5 Å². The largest absolute Gasteiger partial charge is 0.497 e. The van der Waals surface area contributed by atoms with E-state index < -0.39 is 10.0 Å². The lowest BCUT2D eigenvalue weighted by atomic mass is 10.0. The van der Waals surface area contributed by atoms with Gasteiger partial charge in [-0.25, -0.2) is 13.6 Å². The first-order valence-electron chi connectivity index (χ1n) is 8.83. The van der Waals surface area contributed by atoms with Crippen molar-refractivity contribution in [1.29, 1.82) is 0 Å². The number of fused-ring (bicyclic) bond motifs is 1. The Kier molecular flexibility index (Phi) is 5.98. The van der Waals surface area contributed by atoms with Gasteiger partial charge in [0.15, 0.2) is 0 Å². The molecular formula is C19H24N2O5S. The maximum absolute atomic E-state index is 12.4. The number of hydrogen-bond acceptors (Lipinski definition) is 5.